The number of ether oxygens (including phenoxy) is 1. The summed E-state index contributed by atoms with van der Waals surface area (Å²) in [5.74, 6) is 0.160. The molecule has 1 aromatic heterocycles. The molecule has 0 radical (unpaired) electrons. The standard InChI is InChI=1S/C29H28N4O3/c1-20-11-7-9-15-24(20)33-27(34)25-17-23(21-12-5-4-6-13-21)31-32(25)19-29(33,2)28(35)30-18-22-14-8-10-16-26(22)36-3/h4-17H,18-19H2,1-3H3,(H,30,35). The van der Waals surface area contributed by atoms with Crippen LogP contribution in [0.1, 0.15) is 28.5 Å². The zero-order chi connectivity index (χ0) is 25.3. The van der Waals surface area contributed by atoms with Crippen molar-refractivity contribution in [1.29, 1.82) is 0 Å². The van der Waals surface area contributed by atoms with Gasteiger partial charge in [-0.2, -0.15) is 5.10 Å². The Hall–Kier alpha value is -4.39. The molecule has 1 atom stereocenters. The fourth-order valence-corrected chi connectivity index (χ4v) is 4.74. The van der Waals surface area contributed by atoms with E-state index in [0.29, 0.717) is 22.8 Å². The topological polar surface area (TPSA) is 76.5 Å². The van der Waals surface area contributed by atoms with Crippen molar-refractivity contribution in [3.63, 3.8) is 0 Å². The van der Waals surface area contributed by atoms with Crippen LogP contribution in [0.5, 0.6) is 5.75 Å². The van der Waals surface area contributed by atoms with E-state index in [-0.39, 0.29) is 24.9 Å². The van der Waals surface area contributed by atoms with Crippen LogP contribution in [0, 0.1) is 6.92 Å². The number of benzene rings is 3. The molecule has 1 unspecified atom stereocenters. The number of aromatic nitrogens is 2. The van der Waals surface area contributed by atoms with Crippen molar-refractivity contribution in [3.05, 3.63) is 102 Å². The molecular formula is C29H28N4O3. The van der Waals surface area contributed by atoms with Crippen molar-refractivity contribution in [3.8, 4) is 17.0 Å². The maximum atomic E-state index is 14.0. The second-order valence-electron chi connectivity index (χ2n) is 9.13. The Morgan fingerprint density at radius 3 is 2.47 bits per heavy atom. The van der Waals surface area contributed by atoms with Gasteiger partial charge in [-0.25, -0.2) is 0 Å². The molecule has 0 aliphatic carbocycles. The lowest BCUT2D eigenvalue weighted by Gasteiger charge is -2.43. The average Bonchev–Trinajstić information content (AvgIpc) is 3.33. The Morgan fingerprint density at radius 2 is 1.72 bits per heavy atom. The highest BCUT2D eigenvalue weighted by Gasteiger charge is 2.49. The van der Waals surface area contributed by atoms with Gasteiger partial charge < -0.3 is 10.1 Å². The summed E-state index contributed by atoms with van der Waals surface area (Å²) in [6.45, 7) is 4.22. The van der Waals surface area contributed by atoms with Crippen LogP contribution in [0.4, 0.5) is 5.69 Å². The van der Waals surface area contributed by atoms with E-state index in [1.807, 2.05) is 85.8 Å². The molecule has 5 rings (SSSR count). The number of rotatable bonds is 6. The van der Waals surface area contributed by atoms with E-state index in [0.717, 1.165) is 16.7 Å². The van der Waals surface area contributed by atoms with E-state index in [1.165, 1.54) is 0 Å². The number of aryl methyl sites for hydroxylation is 1. The lowest BCUT2D eigenvalue weighted by atomic mass is 9.93. The lowest BCUT2D eigenvalue weighted by molar-refractivity contribution is -0.126. The second-order valence-corrected chi connectivity index (χ2v) is 9.13. The number of anilines is 1. The first-order valence-corrected chi connectivity index (χ1v) is 11.9. The molecule has 0 spiro atoms. The average molecular weight is 481 g/mol. The Morgan fingerprint density at radius 1 is 1.03 bits per heavy atom. The number of para-hydroxylation sites is 2. The Balaban J connectivity index is 1.55. The van der Waals surface area contributed by atoms with Crippen LogP contribution in [0.25, 0.3) is 11.3 Å². The van der Waals surface area contributed by atoms with Crippen molar-refractivity contribution in [2.45, 2.75) is 32.5 Å². The minimum atomic E-state index is -1.21. The number of hydrogen-bond donors (Lipinski definition) is 1. The first kappa shape index (κ1) is 23.4. The van der Waals surface area contributed by atoms with Crippen LogP contribution in [-0.2, 0) is 17.9 Å². The van der Waals surface area contributed by atoms with Gasteiger partial charge in [-0.3, -0.25) is 19.2 Å². The molecule has 7 heteroatoms. The van der Waals surface area contributed by atoms with Crippen molar-refractivity contribution >= 4 is 17.5 Å². The van der Waals surface area contributed by atoms with Crippen LogP contribution in [0.3, 0.4) is 0 Å². The molecule has 36 heavy (non-hydrogen) atoms. The predicted octanol–water partition coefficient (Wildman–Crippen LogP) is 4.60. The van der Waals surface area contributed by atoms with Gasteiger partial charge in [0.2, 0.25) is 5.91 Å². The maximum Gasteiger partial charge on any atom is 0.277 e. The minimum Gasteiger partial charge on any atom is -0.496 e. The zero-order valence-corrected chi connectivity index (χ0v) is 20.6. The fourth-order valence-electron chi connectivity index (χ4n) is 4.74. The molecule has 1 N–H and O–H groups in total. The molecule has 3 aromatic carbocycles. The van der Waals surface area contributed by atoms with Crippen molar-refractivity contribution < 1.29 is 14.3 Å². The summed E-state index contributed by atoms with van der Waals surface area (Å²) in [5.41, 5.74) is 3.31. The number of hydrogen-bond acceptors (Lipinski definition) is 4. The van der Waals surface area contributed by atoms with Gasteiger partial charge in [-0.15, -0.1) is 0 Å². The first-order valence-electron chi connectivity index (χ1n) is 11.9. The van der Waals surface area contributed by atoms with Gasteiger partial charge in [-0.1, -0.05) is 66.7 Å². The van der Waals surface area contributed by atoms with Gasteiger partial charge in [0.15, 0.2) is 0 Å². The van der Waals surface area contributed by atoms with Crippen LogP contribution < -0.4 is 15.0 Å². The quantitative estimate of drug-likeness (QED) is 0.438. The minimum absolute atomic E-state index is 0.215. The summed E-state index contributed by atoms with van der Waals surface area (Å²) >= 11 is 0. The third-order valence-electron chi connectivity index (χ3n) is 6.70. The third-order valence-corrected chi connectivity index (χ3v) is 6.70. The molecule has 2 heterocycles. The number of methoxy groups -OCH3 is 1. The molecule has 1 aliphatic heterocycles. The smallest absolute Gasteiger partial charge is 0.277 e. The van der Waals surface area contributed by atoms with Crippen LogP contribution >= 0.6 is 0 Å². The van der Waals surface area contributed by atoms with Gasteiger partial charge in [-0.05, 0) is 37.6 Å². The fraction of sp³-hybridized carbons (Fsp3) is 0.207. The maximum absolute atomic E-state index is 14.0. The number of nitrogens with zero attached hydrogens (tertiary/aromatic N) is 3. The summed E-state index contributed by atoms with van der Waals surface area (Å²) in [4.78, 5) is 29.4. The predicted molar refractivity (Wildman–Crippen MR) is 139 cm³/mol. The highest BCUT2D eigenvalue weighted by Crippen LogP contribution is 2.35. The molecule has 0 saturated heterocycles. The molecule has 1 aliphatic rings. The van der Waals surface area contributed by atoms with E-state index in [4.69, 9.17) is 9.84 Å². The zero-order valence-electron chi connectivity index (χ0n) is 20.6. The third kappa shape index (κ3) is 4.02. The summed E-state index contributed by atoms with van der Waals surface area (Å²) in [6.07, 6.45) is 0. The summed E-state index contributed by atoms with van der Waals surface area (Å²) in [7, 11) is 1.60. The van der Waals surface area contributed by atoms with Gasteiger partial charge in [0.05, 0.1) is 19.3 Å². The van der Waals surface area contributed by atoms with Crippen molar-refractivity contribution in [2.75, 3.05) is 12.0 Å². The van der Waals surface area contributed by atoms with Gasteiger partial charge in [0.25, 0.3) is 5.91 Å². The SMILES string of the molecule is COc1ccccc1CNC(=O)C1(C)Cn2nc(-c3ccccc3)cc2C(=O)N1c1ccccc1C. The number of nitrogens with one attached hydrogen (secondary N) is 1. The summed E-state index contributed by atoms with van der Waals surface area (Å²) < 4.78 is 7.09. The second kappa shape index (κ2) is 9.34. The van der Waals surface area contributed by atoms with Crippen LogP contribution in [0.2, 0.25) is 0 Å². The highest BCUT2D eigenvalue weighted by atomic mass is 16.5. The van der Waals surface area contributed by atoms with E-state index in [2.05, 4.69) is 5.32 Å². The van der Waals surface area contributed by atoms with Gasteiger partial charge in [0, 0.05) is 23.4 Å². The highest BCUT2D eigenvalue weighted by molar-refractivity contribution is 6.12. The van der Waals surface area contributed by atoms with E-state index < -0.39 is 5.54 Å². The molecular weight excluding hydrogens is 452 g/mol. The summed E-state index contributed by atoms with van der Waals surface area (Å²) in [5, 5.41) is 7.75. The molecule has 0 bridgehead atoms. The van der Waals surface area contributed by atoms with Crippen LogP contribution in [-0.4, -0.2) is 34.2 Å². The van der Waals surface area contributed by atoms with Crippen LogP contribution in [0.15, 0.2) is 84.9 Å². The number of amides is 2. The molecule has 4 aromatic rings. The normalized spacial score (nSPS) is 17.0. The Bertz CT molecular complexity index is 1430. The number of fused-ring (bicyclic) bond motifs is 1. The van der Waals surface area contributed by atoms with E-state index >= 15 is 0 Å². The molecule has 0 saturated carbocycles. The van der Waals surface area contributed by atoms with Gasteiger partial charge in [0.1, 0.15) is 17.0 Å². The Labute approximate surface area is 210 Å². The monoisotopic (exact) mass is 480 g/mol. The molecule has 2 amide bonds. The molecule has 7 nitrogen and oxygen atoms in total. The first-order chi connectivity index (χ1) is 17.4. The number of carbonyl (C=O) groups excluding carboxylic acids is 2. The lowest BCUT2D eigenvalue weighted by Crippen LogP contribution is -2.64. The summed E-state index contributed by atoms with van der Waals surface area (Å²) in [6, 6.07) is 26.7. The Kier molecular flexibility index (Phi) is 6.06. The van der Waals surface area contributed by atoms with Crippen molar-refractivity contribution in [2.24, 2.45) is 0 Å². The molecule has 182 valence electrons. The largest absolute Gasteiger partial charge is 0.496 e. The van der Waals surface area contributed by atoms with E-state index in [9.17, 15) is 9.59 Å². The van der Waals surface area contributed by atoms with Gasteiger partial charge >= 0.3 is 0 Å². The van der Waals surface area contributed by atoms with E-state index in [1.54, 1.807) is 29.7 Å². The van der Waals surface area contributed by atoms with Crippen molar-refractivity contribution in [1.82, 2.24) is 15.1 Å². The molecule has 0 fully saturated rings. The number of carbonyl (C=O) groups is 2.